The number of hydrogen-bond acceptors (Lipinski definition) is 5. The van der Waals surface area contributed by atoms with Gasteiger partial charge in [-0.2, -0.15) is 0 Å². The maximum absolute atomic E-state index is 11.7. The first-order valence-corrected chi connectivity index (χ1v) is 7.02. The molecule has 0 bridgehead atoms. The number of thiazole rings is 1. The van der Waals surface area contributed by atoms with E-state index in [1.165, 1.54) is 17.1 Å². The molecule has 2 aromatic rings. The summed E-state index contributed by atoms with van der Waals surface area (Å²) in [4.78, 5) is 37.4. The van der Waals surface area contributed by atoms with Crippen LogP contribution in [0.5, 0.6) is 0 Å². The van der Waals surface area contributed by atoms with E-state index < -0.39 is 5.97 Å². The molecule has 0 aromatic carbocycles. The average Bonchev–Trinajstić information content (AvgIpc) is 3.01. The van der Waals surface area contributed by atoms with Crippen molar-refractivity contribution in [2.75, 3.05) is 6.54 Å². The molecule has 1 amide bonds. The predicted octanol–water partition coefficient (Wildman–Crippen LogP) is -0.0707. The lowest BCUT2D eigenvalue weighted by Gasteiger charge is -2.07. The molecule has 0 spiro atoms. The summed E-state index contributed by atoms with van der Waals surface area (Å²) in [6.45, 7) is 2.48. The lowest BCUT2D eigenvalue weighted by molar-refractivity contribution is -0.121. The van der Waals surface area contributed by atoms with E-state index in [4.69, 9.17) is 5.11 Å². The Balaban J connectivity index is 1.81. The zero-order valence-corrected chi connectivity index (χ0v) is 12.1. The molecule has 9 heteroatoms. The second-order valence-electron chi connectivity index (χ2n) is 4.38. The highest BCUT2D eigenvalue weighted by Gasteiger charge is 2.09. The summed E-state index contributed by atoms with van der Waals surface area (Å²) in [7, 11) is 0. The highest BCUT2D eigenvalue weighted by atomic mass is 32.1. The molecular weight excluding hydrogens is 296 g/mol. The van der Waals surface area contributed by atoms with Crippen LogP contribution < -0.4 is 10.2 Å². The largest absolute Gasteiger partial charge is 0.476 e. The van der Waals surface area contributed by atoms with Crippen molar-refractivity contribution >= 4 is 23.2 Å². The van der Waals surface area contributed by atoms with E-state index in [9.17, 15) is 14.4 Å². The third kappa shape index (κ3) is 3.78. The Bertz CT molecular complexity index is 715. The van der Waals surface area contributed by atoms with Crippen molar-refractivity contribution in [3.63, 3.8) is 0 Å². The summed E-state index contributed by atoms with van der Waals surface area (Å²) in [5.41, 5.74) is 0.711. The fourth-order valence-electron chi connectivity index (χ4n) is 1.71. The standard InChI is InChI=1S/C12H14N4O4S/c1-8-6-21-12(20)16(8)5-10(17)13-2-3-15-4-9(11(18)19)14-7-15/h4,6-7H,2-3,5H2,1H3,(H,13,17)(H,18,19). The number of carbonyl (C=O) groups excluding carboxylic acids is 1. The van der Waals surface area contributed by atoms with E-state index in [0.717, 1.165) is 17.0 Å². The molecule has 0 aliphatic carbocycles. The van der Waals surface area contributed by atoms with Gasteiger partial charge < -0.3 is 15.0 Å². The molecular formula is C12H14N4O4S. The van der Waals surface area contributed by atoms with E-state index in [-0.39, 0.29) is 23.0 Å². The van der Waals surface area contributed by atoms with Gasteiger partial charge in [0.25, 0.3) is 0 Å². The average molecular weight is 310 g/mol. The lowest BCUT2D eigenvalue weighted by atomic mass is 10.4. The van der Waals surface area contributed by atoms with E-state index in [1.54, 1.807) is 16.9 Å². The maximum Gasteiger partial charge on any atom is 0.356 e. The molecule has 21 heavy (non-hydrogen) atoms. The second kappa shape index (κ2) is 6.35. The first-order chi connectivity index (χ1) is 9.97. The zero-order valence-electron chi connectivity index (χ0n) is 11.3. The molecule has 8 nitrogen and oxygen atoms in total. The highest BCUT2D eigenvalue weighted by molar-refractivity contribution is 7.07. The van der Waals surface area contributed by atoms with Gasteiger partial charge in [-0.05, 0) is 6.92 Å². The van der Waals surface area contributed by atoms with Gasteiger partial charge in [0, 0.05) is 30.4 Å². The lowest BCUT2D eigenvalue weighted by Crippen LogP contribution is -2.33. The minimum Gasteiger partial charge on any atom is -0.476 e. The Hall–Kier alpha value is -2.42. The van der Waals surface area contributed by atoms with Gasteiger partial charge in [-0.3, -0.25) is 14.2 Å². The van der Waals surface area contributed by atoms with Gasteiger partial charge in [-0.1, -0.05) is 11.3 Å². The molecule has 0 unspecified atom stereocenters. The Morgan fingerprint density at radius 1 is 1.48 bits per heavy atom. The minimum atomic E-state index is -1.09. The smallest absolute Gasteiger partial charge is 0.356 e. The Morgan fingerprint density at radius 3 is 2.81 bits per heavy atom. The van der Waals surface area contributed by atoms with Gasteiger partial charge in [-0.15, -0.1) is 0 Å². The van der Waals surface area contributed by atoms with Crippen LogP contribution in [0.4, 0.5) is 0 Å². The second-order valence-corrected chi connectivity index (χ2v) is 5.20. The van der Waals surface area contributed by atoms with Gasteiger partial charge in [0.2, 0.25) is 5.91 Å². The third-order valence-electron chi connectivity index (χ3n) is 2.82. The molecule has 0 fully saturated rings. The number of aryl methyl sites for hydroxylation is 1. The first-order valence-electron chi connectivity index (χ1n) is 6.14. The molecule has 0 aliphatic heterocycles. The van der Waals surface area contributed by atoms with E-state index >= 15 is 0 Å². The summed E-state index contributed by atoms with van der Waals surface area (Å²) >= 11 is 1.06. The number of aromatic nitrogens is 3. The van der Waals surface area contributed by atoms with Gasteiger partial charge in [-0.25, -0.2) is 9.78 Å². The normalized spacial score (nSPS) is 10.5. The van der Waals surface area contributed by atoms with Crippen LogP contribution in [0, 0.1) is 6.92 Å². The highest BCUT2D eigenvalue weighted by Crippen LogP contribution is 1.99. The number of carboxylic acids is 1. The molecule has 0 radical (unpaired) electrons. The number of nitrogens with one attached hydrogen (secondary N) is 1. The summed E-state index contributed by atoms with van der Waals surface area (Å²) in [6, 6.07) is 0. The summed E-state index contributed by atoms with van der Waals surface area (Å²) in [5, 5.41) is 13.1. The number of carboxylic acid groups (broad SMARTS) is 1. The molecule has 0 atom stereocenters. The number of imidazole rings is 1. The Labute approximate surface area is 123 Å². The molecule has 2 N–H and O–H groups in total. The Morgan fingerprint density at radius 2 is 2.24 bits per heavy atom. The Kier molecular flexibility index (Phi) is 4.53. The monoisotopic (exact) mass is 310 g/mol. The summed E-state index contributed by atoms with van der Waals surface area (Å²) < 4.78 is 2.98. The van der Waals surface area contributed by atoms with Crippen molar-refractivity contribution in [1.29, 1.82) is 0 Å². The van der Waals surface area contributed by atoms with Gasteiger partial charge in [0.1, 0.15) is 6.54 Å². The fraction of sp³-hybridized carbons (Fsp3) is 0.333. The number of rotatable bonds is 6. The first kappa shape index (κ1) is 15.0. The number of carbonyl (C=O) groups is 2. The fourth-order valence-corrected chi connectivity index (χ4v) is 2.45. The number of aromatic carboxylic acids is 1. The van der Waals surface area contributed by atoms with Gasteiger partial charge in [0.15, 0.2) is 5.69 Å². The SMILES string of the molecule is Cc1csc(=O)n1CC(=O)NCCn1cnc(C(=O)O)c1. The molecule has 0 saturated carbocycles. The van der Waals surface area contributed by atoms with Gasteiger partial charge >= 0.3 is 10.8 Å². The quantitative estimate of drug-likeness (QED) is 0.777. The van der Waals surface area contributed by atoms with Crippen molar-refractivity contribution in [1.82, 2.24) is 19.4 Å². The van der Waals surface area contributed by atoms with Crippen molar-refractivity contribution < 1.29 is 14.7 Å². The van der Waals surface area contributed by atoms with Crippen molar-refractivity contribution in [3.8, 4) is 0 Å². The van der Waals surface area contributed by atoms with Crippen LogP contribution in [0.1, 0.15) is 16.2 Å². The molecule has 2 heterocycles. The van der Waals surface area contributed by atoms with Crippen LogP contribution >= 0.6 is 11.3 Å². The number of nitrogens with zero attached hydrogens (tertiary/aromatic N) is 3. The molecule has 0 saturated heterocycles. The van der Waals surface area contributed by atoms with E-state index in [2.05, 4.69) is 10.3 Å². The molecule has 2 rings (SSSR count). The van der Waals surface area contributed by atoms with E-state index in [0.29, 0.717) is 13.1 Å². The van der Waals surface area contributed by atoms with Crippen LogP contribution in [-0.2, 0) is 17.9 Å². The summed E-state index contributed by atoms with van der Waals surface area (Å²) in [6.07, 6.45) is 2.78. The minimum absolute atomic E-state index is 0.0154. The topological polar surface area (TPSA) is 106 Å². The third-order valence-corrected chi connectivity index (χ3v) is 3.70. The molecule has 2 aromatic heterocycles. The maximum atomic E-state index is 11.7. The van der Waals surface area contributed by atoms with Gasteiger partial charge in [0.05, 0.1) is 6.33 Å². The van der Waals surface area contributed by atoms with Crippen LogP contribution in [0.15, 0.2) is 22.7 Å². The van der Waals surface area contributed by atoms with Crippen molar-refractivity contribution in [2.45, 2.75) is 20.0 Å². The van der Waals surface area contributed by atoms with Crippen LogP contribution in [0.2, 0.25) is 0 Å². The van der Waals surface area contributed by atoms with Crippen LogP contribution in [0.25, 0.3) is 0 Å². The van der Waals surface area contributed by atoms with Crippen molar-refractivity contribution in [2.24, 2.45) is 0 Å². The predicted molar refractivity (Wildman–Crippen MR) is 75.5 cm³/mol. The van der Waals surface area contributed by atoms with Crippen LogP contribution in [0.3, 0.4) is 0 Å². The van der Waals surface area contributed by atoms with Crippen molar-refractivity contribution in [3.05, 3.63) is 39.0 Å². The molecule has 112 valence electrons. The van der Waals surface area contributed by atoms with Crippen LogP contribution in [-0.4, -0.2) is 37.6 Å². The number of amides is 1. The number of hydrogen-bond donors (Lipinski definition) is 2. The zero-order chi connectivity index (χ0) is 15.4. The van der Waals surface area contributed by atoms with E-state index in [1.807, 2.05) is 0 Å². The summed E-state index contributed by atoms with van der Waals surface area (Å²) in [5.74, 6) is -1.36. The molecule has 0 aliphatic rings.